The molecule has 242 valence electrons. The number of anilines is 1. The second-order valence-electron chi connectivity index (χ2n) is 13.0. The fourth-order valence-corrected chi connectivity index (χ4v) is 6.99. The van der Waals surface area contributed by atoms with Gasteiger partial charge in [-0.25, -0.2) is 0 Å². The van der Waals surface area contributed by atoms with Crippen molar-refractivity contribution < 1.29 is 14.3 Å². The molecule has 3 aromatic rings. The smallest absolute Gasteiger partial charge is 0.266 e. The van der Waals surface area contributed by atoms with Gasteiger partial charge in [0.15, 0.2) is 5.60 Å². The fraction of sp³-hybridized carbons (Fsp3) is 0.514. The van der Waals surface area contributed by atoms with Gasteiger partial charge in [0.1, 0.15) is 5.75 Å². The first kappa shape index (κ1) is 32.8. The van der Waals surface area contributed by atoms with Gasteiger partial charge in [-0.05, 0) is 62.8 Å². The van der Waals surface area contributed by atoms with Crippen molar-refractivity contribution >= 4 is 29.9 Å². The van der Waals surface area contributed by atoms with E-state index in [1.807, 2.05) is 49.3 Å². The van der Waals surface area contributed by atoms with Crippen molar-refractivity contribution in [1.82, 2.24) is 25.3 Å². The Hall–Kier alpha value is -3.56. The van der Waals surface area contributed by atoms with E-state index in [0.717, 1.165) is 67.7 Å². The number of halogens is 1. The van der Waals surface area contributed by atoms with Crippen molar-refractivity contribution in [3.63, 3.8) is 0 Å². The lowest BCUT2D eigenvalue weighted by Crippen LogP contribution is -2.54. The highest BCUT2D eigenvalue weighted by Crippen LogP contribution is 2.32. The van der Waals surface area contributed by atoms with Crippen LogP contribution >= 0.6 is 12.4 Å². The van der Waals surface area contributed by atoms with E-state index in [2.05, 4.69) is 55.6 Å². The van der Waals surface area contributed by atoms with Crippen LogP contribution < -0.4 is 15.0 Å². The molecule has 10 heteroatoms. The van der Waals surface area contributed by atoms with Crippen LogP contribution in [0.1, 0.15) is 57.9 Å². The van der Waals surface area contributed by atoms with Crippen molar-refractivity contribution in [3.05, 3.63) is 66.5 Å². The standard InChI is InChI=1S/C35H46N6O3.ClH/c1-35(2,34(43)39-19-16-36-17-20-39)44-32-11-5-10-31(21-32)40-18-6-7-28(25-40)33(42)41(30-8-3-4-9-30)24-26-12-14-27(15-13-26)29-22-37-38-23-29;/h5,10-15,21-23,28,30,36H,3-4,6-9,16-20,24-25H2,1-2H3,(H,37,38);1H/t28-;/m0./s1. The topological polar surface area (TPSA) is 93.8 Å². The van der Waals surface area contributed by atoms with Crippen molar-refractivity contribution in [2.75, 3.05) is 44.2 Å². The van der Waals surface area contributed by atoms with Crippen LogP contribution in [0.4, 0.5) is 5.69 Å². The van der Waals surface area contributed by atoms with Gasteiger partial charge in [-0.3, -0.25) is 14.7 Å². The van der Waals surface area contributed by atoms with Gasteiger partial charge in [-0.15, -0.1) is 12.4 Å². The molecule has 9 nitrogen and oxygen atoms in total. The Morgan fingerprint density at radius 2 is 1.73 bits per heavy atom. The monoisotopic (exact) mass is 634 g/mol. The third-order valence-electron chi connectivity index (χ3n) is 9.43. The van der Waals surface area contributed by atoms with Gasteiger partial charge in [0, 0.05) is 75.4 Å². The molecule has 2 amide bonds. The Labute approximate surface area is 273 Å². The zero-order chi connectivity index (χ0) is 30.5. The SMILES string of the molecule is CC(C)(Oc1cccc(N2CCC[C@H](C(=O)N(Cc3ccc(-c4cn[nH]c4)cc3)C3CCCC3)C2)c1)C(=O)N1CCNCC1.Cl. The number of ether oxygens (including phenoxy) is 1. The van der Waals surface area contributed by atoms with Gasteiger partial charge in [0.25, 0.3) is 5.91 Å². The molecule has 1 atom stereocenters. The maximum absolute atomic E-state index is 14.2. The van der Waals surface area contributed by atoms with Crippen LogP contribution in [-0.2, 0) is 16.1 Å². The fourth-order valence-electron chi connectivity index (χ4n) is 6.99. The molecule has 6 rings (SSSR count). The first-order valence-electron chi connectivity index (χ1n) is 16.3. The summed E-state index contributed by atoms with van der Waals surface area (Å²) in [5.74, 6) is 0.910. The lowest BCUT2D eigenvalue weighted by molar-refractivity contribution is -0.146. The molecule has 0 bridgehead atoms. The van der Waals surface area contributed by atoms with Crippen LogP contribution in [0.15, 0.2) is 60.9 Å². The Kier molecular flexibility index (Phi) is 10.7. The molecule has 0 unspecified atom stereocenters. The van der Waals surface area contributed by atoms with Crippen LogP contribution in [-0.4, -0.2) is 82.7 Å². The van der Waals surface area contributed by atoms with Crippen LogP contribution in [0.5, 0.6) is 5.75 Å². The number of hydrogen-bond acceptors (Lipinski definition) is 6. The number of amides is 2. The Bertz CT molecular complexity index is 1400. The number of hydrogen-bond donors (Lipinski definition) is 2. The van der Waals surface area contributed by atoms with Gasteiger partial charge in [-0.1, -0.05) is 43.2 Å². The second kappa shape index (κ2) is 14.7. The van der Waals surface area contributed by atoms with E-state index in [0.29, 0.717) is 38.0 Å². The summed E-state index contributed by atoms with van der Waals surface area (Å²) in [5.41, 5.74) is 3.41. The molecule has 3 aliphatic rings. The average Bonchev–Trinajstić information content (AvgIpc) is 3.79. The van der Waals surface area contributed by atoms with Gasteiger partial charge in [-0.2, -0.15) is 5.10 Å². The zero-order valence-corrected chi connectivity index (χ0v) is 27.4. The summed E-state index contributed by atoms with van der Waals surface area (Å²) in [5, 5.41) is 10.2. The van der Waals surface area contributed by atoms with Gasteiger partial charge >= 0.3 is 0 Å². The van der Waals surface area contributed by atoms with Crippen molar-refractivity contribution in [2.45, 2.75) is 70.6 Å². The molecular formula is C35H47ClN6O3. The Balaban J connectivity index is 0.00000400. The number of H-pyrrole nitrogens is 1. The first-order chi connectivity index (χ1) is 21.4. The summed E-state index contributed by atoms with van der Waals surface area (Å²) >= 11 is 0. The van der Waals surface area contributed by atoms with E-state index in [1.54, 1.807) is 0 Å². The molecule has 45 heavy (non-hydrogen) atoms. The molecule has 0 radical (unpaired) electrons. The van der Waals surface area contributed by atoms with E-state index in [4.69, 9.17) is 4.74 Å². The number of piperidine rings is 1. The number of carbonyl (C=O) groups excluding carboxylic acids is 2. The largest absolute Gasteiger partial charge is 0.478 e. The minimum absolute atomic E-state index is 0. The summed E-state index contributed by atoms with van der Waals surface area (Å²) < 4.78 is 6.31. The summed E-state index contributed by atoms with van der Waals surface area (Å²) in [6.07, 6.45) is 10.1. The molecule has 1 aliphatic carbocycles. The highest BCUT2D eigenvalue weighted by atomic mass is 35.5. The number of rotatable bonds is 9. The van der Waals surface area contributed by atoms with Crippen LogP contribution in [0.2, 0.25) is 0 Å². The summed E-state index contributed by atoms with van der Waals surface area (Å²) in [7, 11) is 0. The van der Waals surface area contributed by atoms with Gasteiger partial charge in [0.05, 0.1) is 12.1 Å². The normalized spacial score (nSPS) is 19.2. The summed E-state index contributed by atoms with van der Waals surface area (Å²) in [6, 6.07) is 16.8. The maximum atomic E-state index is 14.2. The summed E-state index contributed by atoms with van der Waals surface area (Å²) in [4.78, 5) is 33.8. The van der Waals surface area contributed by atoms with Gasteiger partial charge < -0.3 is 24.8 Å². The quantitative estimate of drug-likeness (QED) is 0.333. The minimum atomic E-state index is -0.963. The number of nitrogens with one attached hydrogen (secondary N) is 2. The molecule has 3 heterocycles. The van der Waals surface area contributed by atoms with Crippen molar-refractivity contribution in [1.29, 1.82) is 0 Å². The number of aromatic amines is 1. The molecule has 2 saturated heterocycles. The van der Waals surface area contributed by atoms with Crippen LogP contribution in [0.25, 0.3) is 11.1 Å². The predicted molar refractivity (Wildman–Crippen MR) is 180 cm³/mol. The molecule has 1 saturated carbocycles. The van der Waals surface area contributed by atoms with Crippen molar-refractivity contribution in [2.24, 2.45) is 5.92 Å². The molecule has 1 aromatic heterocycles. The zero-order valence-electron chi connectivity index (χ0n) is 26.5. The molecule has 0 spiro atoms. The van der Waals surface area contributed by atoms with Gasteiger partial charge in [0.2, 0.25) is 5.91 Å². The lowest BCUT2D eigenvalue weighted by Gasteiger charge is -2.38. The number of aromatic nitrogens is 2. The highest BCUT2D eigenvalue weighted by Gasteiger charge is 2.36. The van der Waals surface area contributed by atoms with E-state index in [1.165, 1.54) is 12.8 Å². The minimum Gasteiger partial charge on any atom is -0.478 e. The average molecular weight is 635 g/mol. The number of carbonyl (C=O) groups is 2. The first-order valence-corrected chi connectivity index (χ1v) is 16.3. The van der Waals surface area contributed by atoms with Crippen molar-refractivity contribution in [3.8, 4) is 16.9 Å². The number of nitrogens with zero attached hydrogens (tertiary/aromatic N) is 4. The molecule has 2 aliphatic heterocycles. The second-order valence-corrected chi connectivity index (χ2v) is 13.0. The van der Waals surface area contributed by atoms with Crippen LogP contribution in [0.3, 0.4) is 0 Å². The van der Waals surface area contributed by atoms with E-state index in [9.17, 15) is 9.59 Å². The molecular weight excluding hydrogens is 588 g/mol. The third-order valence-corrected chi connectivity index (χ3v) is 9.43. The lowest BCUT2D eigenvalue weighted by atomic mass is 9.94. The predicted octanol–water partition coefficient (Wildman–Crippen LogP) is 5.28. The molecule has 2 aromatic carbocycles. The molecule has 3 fully saturated rings. The van der Waals surface area contributed by atoms with E-state index < -0.39 is 5.60 Å². The molecule has 2 N–H and O–H groups in total. The summed E-state index contributed by atoms with van der Waals surface area (Å²) in [6.45, 7) is 8.94. The highest BCUT2D eigenvalue weighted by molar-refractivity contribution is 5.85. The van der Waals surface area contributed by atoms with E-state index >= 15 is 0 Å². The van der Waals surface area contributed by atoms with Crippen LogP contribution in [0, 0.1) is 5.92 Å². The third kappa shape index (κ3) is 7.82. The Morgan fingerprint density at radius 3 is 2.44 bits per heavy atom. The maximum Gasteiger partial charge on any atom is 0.266 e. The number of benzene rings is 2. The number of piperazine rings is 1. The Morgan fingerprint density at radius 1 is 0.978 bits per heavy atom. The van der Waals surface area contributed by atoms with E-state index in [-0.39, 0.29) is 30.1 Å².